The van der Waals surface area contributed by atoms with Crippen molar-refractivity contribution in [1.29, 1.82) is 0 Å². The molecule has 0 aromatic heterocycles. The monoisotopic (exact) mass is 764 g/mol. The minimum Gasteiger partial charge on any atom is -0.344 e. The summed E-state index contributed by atoms with van der Waals surface area (Å²) in [5, 5.41) is 0. The van der Waals surface area contributed by atoms with Crippen LogP contribution >= 0.6 is 22.6 Å². The standard InChI is InChI=1S/C44H77IO2/c1-4-6-8-10-12-14-16-18-20-22-24-26-28-30-32-34-42-43(47-44(46-42)38-36-41(37-39-44)40(3)45)35-33-31-29-27-25-23-21-19-17-15-13-11-9-7-5-2/h12-15,18-21,40-43H,4-11,16-17,22-39H2,1-3H3/b14-12-,15-13-,20-18-,21-19-. The zero-order chi connectivity index (χ0) is 33.7. The molecule has 1 heterocycles. The van der Waals surface area contributed by atoms with Gasteiger partial charge in [-0.2, -0.15) is 0 Å². The van der Waals surface area contributed by atoms with Gasteiger partial charge in [0.05, 0.1) is 12.2 Å². The van der Waals surface area contributed by atoms with Gasteiger partial charge in [-0.05, 0) is 95.8 Å². The lowest BCUT2D eigenvalue weighted by molar-refractivity contribution is -0.199. The molecule has 3 atom stereocenters. The van der Waals surface area contributed by atoms with Crippen molar-refractivity contribution in [3.63, 3.8) is 0 Å². The fourth-order valence-electron chi connectivity index (χ4n) is 7.31. The Morgan fingerprint density at radius 1 is 0.532 bits per heavy atom. The first-order valence-electron chi connectivity index (χ1n) is 20.7. The second kappa shape index (κ2) is 29.4. The summed E-state index contributed by atoms with van der Waals surface area (Å²) in [6.45, 7) is 6.92. The molecule has 0 radical (unpaired) electrons. The van der Waals surface area contributed by atoms with Gasteiger partial charge in [-0.3, -0.25) is 0 Å². The molecule has 1 aliphatic carbocycles. The van der Waals surface area contributed by atoms with Gasteiger partial charge in [-0.15, -0.1) is 0 Å². The maximum atomic E-state index is 6.87. The zero-order valence-corrected chi connectivity index (χ0v) is 33.6. The molecule has 1 saturated heterocycles. The van der Waals surface area contributed by atoms with Crippen LogP contribution in [0.5, 0.6) is 0 Å². The Morgan fingerprint density at radius 2 is 0.894 bits per heavy atom. The predicted octanol–water partition coefficient (Wildman–Crippen LogP) is 15.1. The minimum absolute atomic E-state index is 0.272. The van der Waals surface area contributed by atoms with Crippen LogP contribution in [0.3, 0.4) is 0 Å². The molecule has 47 heavy (non-hydrogen) atoms. The molecule has 2 fully saturated rings. The van der Waals surface area contributed by atoms with Crippen LogP contribution in [0.2, 0.25) is 0 Å². The van der Waals surface area contributed by atoms with Gasteiger partial charge in [0.1, 0.15) is 0 Å². The molecule has 2 aliphatic rings. The Labute approximate surface area is 307 Å². The molecule has 3 heteroatoms. The summed E-state index contributed by atoms with van der Waals surface area (Å²) in [7, 11) is 0. The van der Waals surface area contributed by atoms with Crippen molar-refractivity contribution in [3.8, 4) is 0 Å². The third kappa shape index (κ3) is 21.4. The molecule has 272 valence electrons. The van der Waals surface area contributed by atoms with Gasteiger partial charge >= 0.3 is 0 Å². The zero-order valence-electron chi connectivity index (χ0n) is 31.4. The first-order valence-corrected chi connectivity index (χ1v) is 21.9. The molecule has 2 rings (SSSR count). The van der Waals surface area contributed by atoms with E-state index >= 15 is 0 Å². The molecule has 0 N–H and O–H groups in total. The van der Waals surface area contributed by atoms with E-state index in [1.807, 2.05) is 0 Å². The van der Waals surface area contributed by atoms with Crippen molar-refractivity contribution in [2.45, 2.75) is 222 Å². The number of rotatable bonds is 29. The highest BCUT2D eigenvalue weighted by Crippen LogP contribution is 2.46. The van der Waals surface area contributed by atoms with E-state index in [9.17, 15) is 0 Å². The molecule has 1 aliphatic heterocycles. The number of unbranched alkanes of at least 4 members (excludes halogenated alkanes) is 16. The van der Waals surface area contributed by atoms with Crippen LogP contribution in [0, 0.1) is 5.92 Å². The van der Waals surface area contributed by atoms with Crippen molar-refractivity contribution in [3.05, 3.63) is 48.6 Å². The van der Waals surface area contributed by atoms with Crippen LogP contribution in [0.4, 0.5) is 0 Å². The van der Waals surface area contributed by atoms with Gasteiger partial charge in [-0.1, -0.05) is 169 Å². The summed E-state index contributed by atoms with van der Waals surface area (Å²) < 4.78 is 14.5. The van der Waals surface area contributed by atoms with Crippen molar-refractivity contribution in [2.24, 2.45) is 5.92 Å². The van der Waals surface area contributed by atoms with Gasteiger partial charge in [0.25, 0.3) is 0 Å². The van der Waals surface area contributed by atoms with Gasteiger partial charge < -0.3 is 9.47 Å². The summed E-state index contributed by atoms with van der Waals surface area (Å²) in [4.78, 5) is 0. The van der Waals surface area contributed by atoms with E-state index in [2.05, 4.69) is 92.0 Å². The van der Waals surface area contributed by atoms with E-state index in [0.29, 0.717) is 12.2 Å². The van der Waals surface area contributed by atoms with E-state index in [-0.39, 0.29) is 5.79 Å². The first-order chi connectivity index (χ1) is 23.1. The van der Waals surface area contributed by atoms with Crippen LogP contribution in [0.25, 0.3) is 0 Å². The summed E-state index contributed by atoms with van der Waals surface area (Å²) in [6.07, 6.45) is 55.1. The Hall–Kier alpha value is -0.390. The first kappa shape index (κ1) is 42.8. The summed E-state index contributed by atoms with van der Waals surface area (Å²) in [6, 6.07) is 0. The largest absolute Gasteiger partial charge is 0.344 e. The number of hydrogen-bond acceptors (Lipinski definition) is 2. The van der Waals surface area contributed by atoms with E-state index in [1.54, 1.807) is 0 Å². The summed E-state index contributed by atoms with van der Waals surface area (Å²) >= 11 is 2.62. The SMILES string of the molecule is CCCCC/C=C\C/C=C\CCCCCCCC1OC2(CCC(C(C)I)CC2)OC1CCCCCCC/C=C\C/C=C\CCCCC. The second-order valence-corrected chi connectivity index (χ2v) is 16.7. The second-order valence-electron chi connectivity index (χ2n) is 14.8. The predicted molar refractivity (Wildman–Crippen MR) is 217 cm³/mol. The van der Waals surface area contributed by atoms with E-state index in [0.717, 1.165) is 35.5 Å². The van der Waals surface area contributed by atoms with E-state index in [4.69, 9.17) is 9.47 Å². The minimum atomic E-state index is -0.272. The highest BCUT2D eigenvalue weighted by Gasteiger charge is 2.48. The number of halogens is 1. The van der Waals surface area contributed by atoms with Crippen molar-refractivity contribution >= 4 is 22.6 Å². The number of alkyl halides is 1. The van der Waals surface area contributed by atoms with Gasteiger partial charge in [0.15, 0.2) is 5.79 Å². The van der Waals surface area contributed by atoms with Crippen LogP contribution in [0.1, 0.15) is 201 Å². The third-order valence-electron chi connectivity index (χ3n) is 10.5. The Bertz CT molecular complexity index is 763. The lowest BCUT2D eigenvalue weighted by Crippen LogP contribution is -2.37. The number of allylic oxidation sites excluding steroid dienone is 8. The van der Waals surface area contributed by atoms with Crippen LogP contribution in [0.15, 0.2) is 48.6 Å². The molecule has 2 nitrogen and oxygen atoms in total. The number of hydrogen-bond donors (Lipinski definition) is 0. The molecular formula is C44H77IO2. The van der Waals surface area contributed by atoms with E-state index < -0.39 is 0 Å². The average molecular weight is 765 g/mol. The Balaban J connectivity index is 1.59. The van der Waals surface area contributed by atoms with Crippen molar-refractivity contribution in [1.82, 2.24) is 0 Å². The summed E-state index contributed by atoms with van der Waals surface area (Å²) in [5.41, 5.74) is 0. The molecule has 0 amide bonds. The fourth-order valence-corrected chi connectivity index (χ4v) is 8.03. The van der Waals surface area contributed by atoms with Crippen LogP contribution in [-0.4, -0.2) is 21.9 Å². The average Bonchev–Trinajstić information content (AvgIpc) is 3.40. The lowest BCUT2D eigenvalue weighted by Gasteiger charge is -2.37. The van der Waals surface area contributed by atoms with Crippen molar-refractivity contribution in [2.75, 3.05) is 0 Å². The van der Waals surface area contributed by atoms with Crippen molar-refractivity contribution < 1.29 is 9.47 Å². The smallest absolute Gasteiger partial charge is 0.169 e. The maximum absolute atomic E-state index is 6.87. The highest BCUT2D eigenvalue weighted by molar-refractivity contribution is 14.1. The van der Waals surface area contributed by atoms with Gasteiger partial charge in [-0.25, -0.2) is 0 Å². The normalized spacial score (nSPS) is 24.3. The molecule has 0 aromatic carbocycles. The molecule has 1 saturated carbocycles. The van der Waals surface area contributed by atoms with Gasteiger partial charge in [0, 0.05) is 16.8 Å². The van der Waals surface area contributed by atoms with Gasteiger partial charge in [0.2, 0.25) is 0 Å². The molecular weight excluding hydrogens is 687 g/mol. The fraction of sp³-hybridized carbons (Fsp3) is 0.818. The Morgan fingerprint density at radius 3 is 1.28 bits per heavy atom. The molecule has 0 aromatic rings. The van der Waals surface area contributed by atoms with Crippen LogP contribution < -0.4 is 0 Å². The Kier molecular flexibility index (Phi) is 26.7. The lowest BCUT2D eigenvalue weighted by atomic mass is 9.83. The molecule has 0 bridgehead atoms. The summed E-state index contributed by atoms with van der Waals surface area (Å²) in [5.74, 6) is 0.556. The van der Waals surface area contributed by atoms with E-state index in [1.165, 1.54) is 154 Å². The highest BCUT2D eigenvalue weighted by atomic mass is 127. The third-order valence-corrected chi connectivity index (χ3v) is 11.5. The maximum Gasteiger partial charge on any atom is 0.169 e. The topological polar surface area (TPSA) is 18.5 Å². The molecule has 1 spiro atoms. The number of ether oxygens (including phenoxy) is 2. The molecule has 3 unspecified atom stereocenters. The quantitative estimate of drug-likeness (QED) is 0.0327. The van der Waals surface area contributed by atoms with Crippen LogP contribution in [-0.2, 0) is 9.47 Å².